The second-order valence-corrected chi connectivity index (χ2v) is 6.55. The first-order valence-corrected chi connectivity index (χ1v) is 8.90. The number of carbonyl (C=O) groups excluding carboxylic acids is 2. The van der Waals surface area contributed by atoms with E-state index in [9.17, 15) is 9.59 Å². The van der Waals surface area contributed by atoms with Gasteiger partial charge in [0.1, 0.15) is 12.4 Å². The molecule has 0 aliphatic carbocycles. The zero-order valence-electron chi connectivity index (χ0n) is 15.6. The Kier molecular flexibility index (Phi) is 4.60. The van der Waals surface area contributed by atoms with Gasteiger partial charge in [0.25, 0.3) is 5.91 Å². The maximum Gasteiger partial charge on any atom is 0.265 e. The van der Waals surface area contributed by atoms with E-state index in [-0.39, 0.29) is 25.0 Å². The first kappa shape index (κ1) is 17.8. The Hall–Kier alpha value is -3.55. The summed E-state index contributed by atoms with van der Waals surface area (Å²) in [5.74, 6) is 1.49. The predicted octanol–water partition coefficient (Wildman–Crippen LogP) is 1.99. The van der Waals surface area contributed by atoms with Crippen molar-refractivity contribution in [3.8, 4) is 11.5 Å². The van der Waals surface area contributed by atoms with E-state index in [1.54, 1.807) is 18.2 Å². The number of rotatable bonds is 4. The van der Waals surface area contributed by atoms with E-state index in [0.717, 1.165) is 11.0 Å². The number of nitrogens with zero attached hydrogens (tertiary/aromatic N) is 2. The number of anilines is 1. The molecular formula is C20H20N4O4. The van der Waals surface area contributed by atoms with Crippen molar-refractivity contribution < 1.29 is 19.1 Å². The van der Waals surface area contributed by atoms with Crippen molar-refractivity contribution >= 4 is 28.5 Å². The fraction of sp³-hybridized carbons (Fsp3) is 0.250. The first-order valence-electron chi connectivity index (χ1n) is 8.90. The Morgan fingerprint density at radius 1 is 1.21 bits per heavy atom. The van der Waals surface area contributed by atoms with Gasteiger partial charge in [0, 0.05) is 19.7 Å². The molecule has 8 heteroatoms. The van der Waals surface area contributed by atoms with Gasteiger partial charge >= 0.3 is 0 Å². The van der Waals surface area contributed by atoms with Gasteiger partial charge in [-0.05, 0) is 30.3 Å². The highest BCUT2D eigenvalue weighted by atomic mass is 16.6. The molecular weight excluding hydrogens is 360 g/mol. The van der Waals surface area contributed by atoms with E-state index in [1.165, 1.54) is 6.92 Å². The van der Waals surface area contributed by atoms with Gasteiger partial charge in [-0.15, -0.1) is 0 Å². The largest absolute Gasteiger partial charge is 0.485 e. The Balaban J connectivity index is 1.44. The lowest BCUT2D eigenvalue weighted by Gasteiger charge is -2.25. The molecule has 8 nitrogen and oxygen atoms in total. The topological polar surface area (TPSA) is 94.5 Å². The average Bonchev–Trinajstić information content (AvgIpc) is 3.00. The molecule has 2 amide bonds. The Bertz CT molecular complexity index is 1060. The van der Waals surface area contributed by atoms with Crippen LogP contribution in [-0.2, 0) is 23.2 Å². The van der Waals surface area contributed by atoms with Crippen molar-refractivity contribution in [3.63, 3.8) is 0 Å². The van der Waals surface area contributed by atoms with E-state index >= 15 is 0 Å². The first-order chi connectivity index (χ1) is 13.5. The molecule has 0 fully saturated rings. The number of hydrogen-bond donors (Lipinski definition) is 2. The number of imidazole rings is 1. The molecule has 1 aromatic heterocycles. The molecule has 0 saturated carbocycles. The summed E-state index contributed by atoms with van der Waals surface area (Å²) in [6.07, 6.45) is -0.712. The van der Waals surface area contributed by atoms with Gasteiger partial charge < -0.3 is 24.7 Å². The summed E-state index contributed by atoms with van der Waals surface area (Å²) in [6.45, 7) is 1.87. The van der Waals surface area contributed by atoms with E-state index in [1.807, 2.05) is 35.9 Å². The van der Waals surface area contributed by atoms with Crippen LogP contribution in [0.3, 0.4) is 0 Å². The number of aromatic nitrogens is 2. The molecule has 0 bridgehead atoms. The monoisotopic (exact) mass is 380 g/mol. The molecule has 144 valence electrons. The predicted molar refractivity (Wildman–Crippen MR) is 103 cm³/mol. The van der Waals surface area contributed by atoms with Crippen molar-refractivity contribution in [2.45, 2.75) is 19.6 Å². The number of aryl methyl sites for hydroxylation is 1. The smallest absolute Gasteiger partial charge is 0.265 e. The molecule has 1 atom stereocenters. The molecule has 1 aliphatic rings. The Morgan fingerprint density at radius 2 is 2.00 bits per heavy atom. The molecule has 2 heterocycles. The SMILES string of the molecule is CC(=O)Nc1ccc2c(c1)nc(CNC(=O)[C@H]1COc3ccccc3O1)n2C. The minimum Gasteiger partial charge on any atom is -0.485 e. The zero-order chi connectivity index (χ0) is 19.7. The van der Waals surface area contributed by atoms with Crippen LogP contribution in [-0.4, -0.2) is 34.1 Å². The van der Waals surface area contributed by atoms with Gasteiger partial charge in [-0.25, -0.2) is 4.98 Å². The van der Waals surface area contributed by atoms with Crippen molar-refractivity contribution in [3.05, 3.63) is 48.3 Å². The number of fused-ring (bicyclic) bond motifs is 2. The number of nitrogens with one attached hydrogen (secondary N) is 2. The number of carbonyl (C=O) groups is 2. The molecule has 28 heavy (non-hydrogen) atoms. The van der Waals surface area contributed by atoms with E-state index in [0.29, 0.717) is 23.0 Å². The Labute approximate surface area is 161 Å². The number of ether oxygens (including phenoxy) is 2. The fourth-order valence-electron chi connectivity index (χ4n) is 3.12. The average molecular weight is 380 g/mol. The molecule has 3 aromatic rings. The maximum absolute atomic E-state index is 12.5. The van der Waals surface area contributed by atoms with Gasteiger partial charge in [-0.2, -0.15) is 0 Å². The lowest BCUT2D eigenvalue weighted by atomic mass is 10.2. The summed E-state index contributed by atoms with van der Waals surface area (Å²) in [4.78, 5) is 28.3. The highest BCUT2D eigenvalue weighted by molar-refractivity contribution is 5.91. The Morgan fingerprint density at radius 3 is 2.79 bits per heavy atom. The van der Waals surface area contributed by atoms with Crippen LogP contribution in [0.15, 0.2) is 42.5 Å². The summed E-state index contributed by atoms with van der Waals surface area (Å²) in [6, 6.07) is 12.8. The van der Waals surface area contributed by atoms with Gasteiger partial charge in [-0.3, -0.25) is 9.59 Å². The molecule has 0 saturated heterocycles. The molecule has 1 aliphatic heterocycles. The van der Waals surface area contributed by atoms with Crippen LogP contribution in [0.25, 0.3) is 11.0 Å². The third-order valence-corrected chi connectivity index (χ3v) is 4.52. The van der Waals surface area contributed by atoms with Crippen molar-refractivity contribution in [2.75, 3.05) is 11.9 Å². The quantitative estimate of drug-likeness (QED) is 0.722. The highest BCUT2D eigenvalue weighted by Crippen LogP contribution is 2.30. The maximum atomic E-state index is 12.5. The van der Waals surface area contributed by atoms with Gasteiger partial charge in [0.05, 0.1) is 17.6 Å². The lowest BCUT2D eigenvalue weighted by molar-refractivity contribution is -0.130. The summed E-state index contributed by atoms with van der Waals surface area (Å²) >= 11 is 0. The van der Waals surface area contributed by atoms with Crippen LogP contribution in [0.4, 0.5) is 5.69 Å². The molecule has 0 spiro atoms. The third-order valence-electron chi connectivity index (χ3n) is 4.52. The van der Waals surface area contributed by atoms with Crippen LogP contribution in [0, 0.1) is 0 Å². The fourth-order valence-corrected chi connectivity index (χ4v) is 3.12. The number of benzene rings is 2. The van der Waals surface area contributed by atoms with Crippen molar-refractivity contribution in [2.24, 2.45) is 7.05 Å². The summed E-state index contributed by atoms with van der Waals surface area (Å²) in [5, 5.41) is 5.59. The molecule has 2 N–H and O–H groups in total. The van der Waals surface area contributed by atoms with Crippen molar-refractivity contribution in [1.29, 1.82) is 0 Å². The number of amides is 2. The lowest BCUT2D eigenvalue weighted by Crippen LogP contribution is -2.43. The van der Waals surface area contributed by atoms with Crippen LogP contribution in [0.1, 0.15) is 12.7 Å². The van der Waals surface area contributed by atoms with Crippen LogP contribution in [0.2, 0.25) is 0 Å². The number of hydrogen-bond acceptors (Lipinski definition) is 5. The third kappa shape index (κ3) is 3.48. The van der Waals surface area contributed by atoms with Gasteiger partial charge in [0.2, 0.25) is 12.0 Å². The second-order valence-electron chi connectivity index (χ2n) is 6.55. The normalized spacial score (nSPS) is 15.3. The van der Waals surface area contributed by atoms with E-state index in [4.69, 9.17) is 9.47 Å². The molecule has 2 aromatic carbocycles. The highest BCUT2D eigenvalue weighted by Gasteiger charge is 2.27. The molecule has 0 unspecified atom stereocenters. The second kappa shape index (κ2) is 7.22. The van der Waals surface area contributed by atoms with E-state index < -0.39 is 6.10 Å². The molecule has 0 radical (unpaired) electrons. The standard InChI is InChI=1S/C20H20N4O4/c1-12(25)22-13-7-8-15-14(9-13)23-19(24(15)2)10-21-20(26)18-11-27-16-5-3-4-6-17(16)28-18/h3-9,18H,10-11H2,1-2H3,(H,21,26)(H,22,25)/t18-/m1/s1. The van der Waals surface area contributed by atoms with Gasteiger partial charge in [0.15, 0.2) is 11.5 Å². The zero-order valence-corrected chi connectivity index (χ0v) is 15.6. The summed E-state index contributed by atoms with van der Waals surface area (Å²) in [5.41, 5.74) is 2.33. The van der Waals surface area contributed by atoms with Gasteiger partial charge in [-0.1, -0.05) is 12.1 Å². The summed E-state index contributed by atoms with van der Waals surface area (Å²) in [7, 11) is 1.88. The minimum absolute atomic E-state index is 0.140. The molecule has 4 rings (SSSR count). The number of para-hydroxylation sites is 2. The minimum atomic E-state index is -0.712. The van der Waals surface area contributed by atoms with Crippen LogP contribution < -0.4 is 20.1 Å². The summed E-state index contributed by atoms with van der Waals surface area (Å²) < 4.78 is 13.2. The van der Waals surface area contributed by atoms with Crippen molar-refractivity contribution in [1.82, 2.24) is 14.9 Å². The van der Waals surface area contributed by atoms with E-state index in [2.05, 4.69) is 15.6 Å². The van der Waals surface area contributed by atoms with Crippen LogP contribution in [0.5, 0.6) is 11.5 Å². The van der Waals surface area contributed by atoms with Crippen LogP contribution >= 0.6 is 0 Å².